The maximum Gasteiger partial charge on any atom is 0.221 e. The molecule has 1 fully saturated rings. The lowest BCUT2D eigenvalue weighted by Crippen LogP contribution is -2.31. The fourth-order valence-corrected chi connectivity index (χ4v) is 2.53. The monoisotopic (exact) mass is 285 g/mol. The molecule has 0 saturated carbocycles. The third-order valence-corrected chi connectivity index (χ3v) is 3.63. The Hall–Kier alpha value is -2.21. The number of aromatic nitrogens is 3. The van der Waals surface area contributed by atoms with E-state index >= 15 is 0 Å². The lowest BCUT2D eigenvalue weighted by atomic mass is 10.1. The first-order valence-corrected chi connectivity index (χ1v) is 7.26. The molecule has 1 amide bonds. The van der Waals surface area contributed by atoms with Gasteiger partial charge in [-0.1, -0.05) is 0 Å². The van der Waals surface area contributed by atoms with Gasteiger partial charge in [-0.15, -0.1) is 0 Å². The van der Waals surface area contributed by atoms with E-state index in [1.54, 1.807) is 17.1 Å². The van der Waals surface area contributed by atoms with Gasteiger partial charge in [-0.05, 0) is 43.1 Å². The molecule has 1 atom stereocenters. The standard InChI is InChI=1S/C15H19N5O/c21-15(10-13-3-1-5-16-13)18-11-12-4-7-17-14(9-12)20-8-2-6-19-20/h2,4,6-9,13,16H,1,3,5,10-11H2,(H,18,21). The van der Waals surface area contributed by atoms with Gasteiger partial charge >= 0.3 is 0 Å². The number of nitrogens with one attached hydrogen (secondary N) is 2. The molecule has 110 valence electrons. The lowest BCUT2D eigenvalue weighted by molar-refractivity contribution is -0.121. The number of amides is 1. The molecule has 21 heavy (non-hydrogen) atoms. The Morgan fingerprint density at radius 1 is 1.48 bits per heavy atom. The van der Waals surface area contributed by atoms with Gasteiger partial charge in [0.15, 0.2) is 5.82 Å². The summed E-state index contributed by atoms with van der Waals surface area (Å²) < 4.78 is 1.70. The van der Waals surface area contributed by atoms with E-state index in [-0.39, 0.29) is 5.91 Å². The van der Waals surface area contributed by atoms with Gasteiger partial charge in [-0.3, -0.25) is 4.79 Å². The van der Waals surface area contributed by atoms with Crippen molar-refractivity contribution in [3.63, 3.8) is 0 Å². The van der Waals surface area contributed by atoms with Crippen LogP contribution in [0.5, 0.6) is 0 Å². The Kier molecular flexibility index (Phi) is 4.25. The SMILES string of the molecule is O=C(CC1CCCN1)NCc1ccnc(-n2cccn2)c1. The van der Waals surface area contributed by atoms with E-state index in [0.717, 1.165) is 30.8 Å². The molecule has 0 spiro atoms. The summed E-state index contributed by atoms with van der Waals surface area (Å²) in [6.45, 7) is 1.54. The van der Waals surface area contributed by atoms with Crippen LogP contribution < -0.4 is 10.6 Å². The Labute approximate surface area is 123 Å². The van der Waals surface area contributed by atoms with Gasteiger partial charge in [-0.2, -0.15) is 5.10 Å². The summed E-state index contributed by atoms with van der Waals surface area (Å²) >= 11 is 0. The van der Waals surface area contributed by atoms with E-state index in [1.165, 1.54) is 0 Å². The van der Waals surface area contributed by atoms with Gasteiger partial charge in [0.05, 0.1) is 0 Å². The summed E-state index contributed by atoms with van der Waals surface area (Å²) in [7, 11) is 0. The molecule has 0 bridgehead atoms. The summed E-state index contributed by atoms with van der Waals surface area (Å²) in [4.78, 5) is 16.2. The normalized spacial score (nSPS) is 17.8. The molecular formula is C15H19N5O. The smallest absolute Gasteiger partial charge is 0.221 e. The quantitative estimate of drug-likeness (QED) is 0.860. The predicted octanol–water partition coefficient (Wildman–Crippen LogP) is 1.03. The zero-order chi connectivity index (χ0) is 14.5. The highest BCUT2D eigenvalue weighted by Crippen LogP contribution is 2.09. The van der Waals surface area contributed by atoms with E-state index in [4.69, 9.17) is 0 Å². The van der Waals surface area contributed by atoms with Crippen molar-refractivity contribution >= 4 is 5.91 Å². The molecule has 6 nitrogen and oxygen atoms in total. The third-order valence-electron chi connectivity index (χ3n) is 3.63. The fourth-order valence-electron chi connectivity index (χ4n) is 2.53. The number of hydrogen-bond donors (Lipinski definition) is 2. The van der Waals surface area contributed by atoms with Crippen LogP contribution >= 0.6 is 0 Å². The first-order chi connectivity index (χ1) is 10.3. The van der Waals surface area contributed by atoms with Crippen LogP contribution in [0.2, 0.25) is 0 Å². The van der Waals surface area contributed by atoms with Crippen molar-refractivity contribution in [1.82, 2.24) is 25.4 Å². The maximum atomic E-state index is 11.9. The molecule has 1 saturated heterocycles. The average molecular weight is 285 g/mol. The van der Waals surface area contributed by atoms with Crippen LogP contribution in [0.3, 0.4) is 0 Å². The number of hydrogen-bond acceptors (Lipinski definition) is 4. The number of rotatable bonds is 5. The second-order valence-electron chi connectivity index (χ2n) is 5.25. The highest BCUT2D eigenvalue weighted by atomic mass is 16.1. The number of carbonyl (C=O) groups excluding carboxylic acids is 1. The molecular weight excluding hydrogens is 266 g/mol. The zero-order valence-electron chi connectivity index (χ0n) is 11.8. The summed E-state index contributed by atoms with van der Waals surface area (Å²) in [5.74, 6) is 0.844. The van der Waals surface area contributed by atoms with Gasteiger partial charge in [0, 0.05) is 37.6 Å². The largest absolute Gasteiger partial charge is 0.352 e. The first-order valence-electron chi connectivity index (χ1n) is 7.26. The Bertz CT molecular complexity index is 590. The first kappa shape index (κ1) is 13.8. The van der Waals surface area contributed by atoms with Gasteiger partial charge in [-0.25, -0.2) is 9.67 Å². The van der Waals surface area contributed by atoms with Crippen LogP contribution in [0.1, 0.15) is 24.8 Å². The molecule has 1 aliphatic rings. The molecule has 2 aromatic heterocycles. The van der Waals surface area contributed by atoms with Crippen LogP contribution in [0.4, 0.5) is 0 Å². The molecule has 2 aromatic rings. The van der Waals surface area contributed by atoms with E-state index in [9.17, 15) is 4.79 Å². The zero-order valence-corrected chi connectivity index (χ0v) is 11.8. The summed E-state index contributed by atoms with van der Waals surface area (Å²) in [6.07, 6.45) is 8.09. The van der Waals surface area contributed by atoms with Gasteiger partial charge < -0.3 is 10.6 Å². The molecule has 0 aromatic carbocycles. The number of carbonyl (C=O) groups is 1. The summed E-state index contributed by atoms with van der Waals surface area (Å²) in [5, 5.41) is 10.4. The summed E-state index contributed by atoms with van der Waals surface area (Å²) in [6, 6.07) is 6.02. The van der Waals surface area contributed by atoms with Crippen molar-refractivity contribution in [3.05, 3.63) is 42.4 Å². The topological polar surface area (TPSA) is 71.8 Å². The molecule has 1 aliphatic heterocycles. The molecule has 2 N–H and O–H groups in total. The van der Waals surface area contributed by atoms with E-state index in [1.807, 2.05) is 24.4 Å². The van der Waals surface area contributed by atoms with Crippen molar-refractivity contribution in [2.75, 3.05) is 6.54 Å². The van der Waals surface area contributed by atoms with Crippen LogP contribution in [0.25, 0.3) is 5.82 Å². The van der Waals surface area contributed by atoms with Gasteiger partial charge in [0.1, 0.15) is 0 Å². The molecule has 3 rings (SSSR count). The minimum atomic E-state index is 0.0897. The maximum absolute atomic E-state index is 11.9. The van der Waals surface area contributed by atoms with E-state index in [0.29, 0.717) is 19.0 Å². The molecule has 0 aliphatic carbocycles. The minimum absolute atomic E-state index is 0.0897. The fraction of sp³-hybridized carbons (Fsp3) is 0.400. The van der Waals surface area contributed by atoms with Crippen molar-refractivity contribution < 1.29 is 4.79 Å². The lowest BCUT2D eigenvalue weighted by Gasteiger charge is -2.11. The molecule has 3 heterocycles. The van der Waals surface area contributed by atoms with Crippen LogP contribution in [0.15, 0.2) is 36.8 Å². The van der Waals surface area contributed by atoms with Crippen LogP contribution in [-0.4, -0.2) is 33.3 Å². The third kappa shape index (κ3) is 3.66. The average Bonchev–Trinajstić information content (AvgIpc) is 3.19. The van der Waals surface area contributed by atoms with E-state index < -0.39 is 0 Å². The Balaban J connectivity index is 1.55. The van der Waals surface area contributed by atoms with E-state index in [2.05, 4.69) is 20.7 Å². The molecule has 6 heteroatoms. The van der Waals surface area contributed by atoms with Crippen molar-refractivity contribution in [2.45, 2.75) is 31.8 Å². The van der Waals surface area contributed by atoms with Crippen molar-refractivity contribution in [3.8, 4) is 5.82 Å². The number of nitrogens with zero attached hydrogens (tertiary/aromatic N) is 3. The van der Waals surface area contributed by atoms with Gasteiger partial charge in [0.25, 0.3) is 0 Å². The Morgan fingerprint density at radius 3 is 3.19 bits per heavy atom. The molecule has 0 radical (unpaired) electrons. The van der Waals surface area contributed by atoms with Gasteiger partial charge in [0.2, 0.25) is 5.91 Å². The second kappa shape index (κ2) is 6.49. The molecule has 1 unspecified atom stereocenters. The Morgan fingerprint density at radius 2 is 2.43 bits per heavy atom. The highest BCUT2D eigenvalue weighted by molar-refractivity contribution is 5.76. The minimum Gasteiger partial charge on any atom is -0.352 e. The number of pyridine rings is 1. The second-order valence-corrected chi connectivity index (χ2v) is 5.25. The summed E-state index contributed by atoms with van der Waals surface area (Å²) in [5.41, 5.74) is 1.02. The van der Waals surface area contributed by atoms with Crippen molar-refractivity contribution in [1.29, 1.82) is 0 Å². The van der Waals surface area contributed by atoms with Crippen LogP contribution in [-0.2, 0) is 11.3 Å². The predicted molar refractivity (Wildman–Crippen MR) is 78.8 cm³/mol. The highest BCUT2D eigenvalue weighted by Gasteiger charge is 2.17. The van der Waals surface area contributed by atoms with Crippen molar-refractivity contribution in [2.24, 2.45) is 0 Å². The van der Waals surface area contributed by atoms with Crippen LogP contribution in [0, 0.1) is 0 Å².